The summed E-state index contributed by atoms with van der Waals surface area (Å²) in [5.74, 6) is -0.547. The van der Waals surface area contributed by atoms with Crippen molar-refractivity contribution in [1.29, 1.82) is 5.26 Å². The van der Waals surface area contributed by atoms with Crippen LogP contribution in [0.2, 0.25) is 0 Å². The Kier molecular flexibility index (Phi) is 4.24. The monoisotopic (exact) mass is 333 g/mol. The van der Waals surface area contributed by atoms with Gasteiger partial charge in [-0.05, 0) is 34.7 Å². The third-order valence-corrected chi connectivity index (χ3v) is 2.97. The van der Waals surface area contributed by atoms with Crippen molar-refractivity contribution in [2.24, 2.45) is 0 Å². The smallest absolute Gasteiger partial charge is 0.179 e. The molecule has 0 atom stereocenters. The normalized spacial score (nSPS) is 9.40. The van der Waals surface area contributed by atoms with Crippen molar-refractivity contribution >= 4 is 46.3 Å². The summed E-state index contributed by atoms with van der Waals surface area (Å²) in [4.78, 5) is 22.1. The van der Waals surface area contributed by atoms with Crippen LogP contribution in [-0.4, -0.2) is 17.9 Å². The molecule has 0 spiro atoms. The summed E-state index contributed by atoms with van der Waals surface area (Å²) in [6, 6.07) is 4.98. The van der Waals surface area contributed by atoms with Gasteiger partial charge in [0.1, 0.15) is 6.07 Å². The van der Waals surface area contributed by atoms with Crippen molar-refractivity contribution in [3.63, 3.8) is 0 Å². The molecule has 0 saturated carbocycles. The summed E-state index contributed by atoms with van der Waals surface area (Å²) in [7, 11) is 0. The first-order valence-electron chi connectivity index (χ1n) is 3.92. The summed E-state index contributed by atoms with van der Waals surface area (Å²) >= 11 is 7.37. The van der Waals surface area contributed by atoms with Crippen LogP contribution >= 0.6 is 34.2 Å². The highest BCUT2D eigenvalue weighted by Gasteiger charge is 2.17. The Balaban J connectivity index is 3.54. The molecule has 0 aromatic heterocycles. The van der Waals surface area contributed by atoms with Crippen molar-refractivity contribution in [3.05, 3.63) is 32.4 Å². The standard InChI is InChI=1S/C10H5ClINO2/c11-3-9(15)10-7(4-13)6(5-14)1-2-8(10)12/h1-2,5H,3H2. The third-order valence-electron chi connectivity index (χ3n) is 1.83. The van der Waals surface area contributed by atoms with E-state index in [1.807, 2.05) is 28.7 Å². The fourth-order valence-electron chi connectivity index (χ4n) is 1.15. The average Bonchev–Trinajstić information content (AvgIpc) is 2.27. The Bertz CT molecular complexity index is 465. The molecular formula is C10H5ClINO2. The van der Waals surface area contributed by atoms with E-state index < -0.39 is 0 Å². The number of nitriles is 1. The number of ketones is 1. The van der Waals surface area contributed by atoms with Crippen LogP contribution in [0.15, 0.2) is 12.1 Å². The quantitative estimate of drug-likeness (QED) is 0.369. The third kappa shape index (κ3) is 2.36. The lowest BCUT2D eigenvalue weighted by atomic mass is 10.0. The summed E-state index contributed by atoms with van der Waals surface area (Å²) < 4.78 is 0.625. The number of halogens is 2. The second-order valence-corrected chi connectivity index (χ2v) is 4.10. The van der Waals surface area contributed by atoms with Crippen LogP contribution in [0.4, 0.5) is 0 Å². The number of carbonyl (C=O) groups excluding carboxylic acids is 2. The van der Waals surface area contributed by atoms with Crippen LogP contribution < -0.4 is 0 Å². The maximum absolute atomic E-state index is 11.5. The van der Waals surface area contributed by atoms with Crippen molar-refractivity contribution in [2.75, 3.05) is 5.88 Å². The second kappa shape index (κ2) is 5.24. The number of rotatable bonds is 3. The molecule has 5 heteroatoms. The van der Waals surface area contributed by atoms with E-state index in [1.54, 1.807) is 6.07 Å². The molecule has 0 saturated heterocycles. The molecule has 15 heavy (non-hydrogen) atoms. The molecule has 1 aromatic carbocycles. The summed E-state index contributed by atoms with van der Waals surface area (Å²) in [5.41, 5.74) is 0.548. The molecule has 0 N–H and O–H groups in total. The van der Waals surface area contributed by atoms with Gasteiger partial charge in [0.2, 0.25) is 0 Å². The van der Waals surface area contributed by atoms with Gasteiger partial charge in [-0.2, -0.15) is 5.26 Å². The van der Waals surface area contributed by atoms with Crippen LogP contribution in [0.3, 0.4) is 0 Å². The van der Waals surface area contributed by atoms with Gasteiger partial charge in [0.25, 0.3) is 0 Å². The van der Waals surface area contributed by atoms with E-state index in [0.29, 0.717) is 9.86 Å². The molecular weight excluding hydrogens is 328 g/mol. The van der Waals surface area contributed by atoms with E-state index in [-0.39, 0.29) is 28.4 Å². The largest absolute Gasteiger partial charge is 0.298 e. The zero-order valence-corrected chi connectivity index (χ0v) is 10.4. The zero-order chi connectivity index (χ0) is 11.4. The Morgan fingerprint density at radius 1 is 1.60 bits per heavy atom. The Morgan fingerprint density at radius 2 is 2.27 bits per heavy atom. The maximum Gasteiger partial charge on any atom is 0.179 e. The first-order chi connectivity index (χ1) is 7.15. The van der Waals surface area contributed by atoms with Gasteiger partial charge in [-0.1, -0.05) is 0 Å². The number of Topliss-reactive ketones (excluding diaryl/α,β-unsaturated/α-hetero) is 1. The van der Waals surface area contributed by atoms with Gasteiger partial charge in [-0.3, -0.25) is 9.59 Å². The summed E-state index contributed by atoms with van der Waals surface area (Å²) in [6.07, 6.45) is 0.555. The van der Waals surface area contributed by atoms with E-state index >= 15 is 0 Å². The first kappa shape index (κ1) is 12.1. The Hall–Kier alpha value is -0.930. The lowest BCUT2D eigenvalue weighted by Crippen LogP contribution is -2.08. The highest BCUT2D eigenvalue weighted by Crippen LogP contribution is 2.20. The number of alkyl halides is 1. The molecule has 0 aliphatic heterocycles. The summed E-state index contributed by atoms with van der Waals surface area (Å²) in [5, 5.41) is 8.89. The molecule has 0 unspecified atom stereocenters. The Morgan fingerprint density at radius 3 is 2.73 bits per heavy atom. The fourth-order valence-corrected chi connectivity index (χ4v) is 2.04. The molecule has 0 fully saturated rings. The van der Waals surface area contributed by atoms with Crippen LogP contribution in [0, 0.1) is 14.9 Å². The number of nitrogens with zero attached hydrogens (tertiary/aromatic N) is 1. The van der Waals surface area contributed by atoms with Crippen molar-refractivity contribution in [2.45, 2.75) is 0 Å². The van der Waals surface area contributed by atoms with Gasteiger partial charge in [0.05, 0.1) is 17.0 Å². The number of hydrogen-bond donors (Lipinski definition) is 0. The lowest BCUT2D eigenvalue weighted by molar-refractivity contribution is 0.102. The Labute approximate surface area is 105 Å². The maximum atomic E-state index is 11.5. The van der Waals surface area contributed by atoms with Gasteiger partial charge < -0.3 is 0 Å². The predicted molar refractivity (Wildman–Crippen MR) is 64.3 cm³/mol. The average molecular weight is 334 g/mol. The molecule has 0 heterocycles. The second-order valence-electron chi connectivity index (χ2n) is 2.67. The minimum Gasteiger partial charge on any atom is -0.298 e. The van der Waals surface area contributed by atoms with Gasteiger partial charge in [0.15, 0.2) is 12.1 Å². The van der Waals surface area contributed by atoms with Crippen LogP contribution in [0.1, 0.15) is 26.3 Å². The van der Waals surface area contributed by atoms with E-state index in [0.717, 1.165) is 0 Å². The number of carbonyl (C=O) groups is 2. The molecule has 0 bridgehead atoms. The van der Waals surface area contributed by atoms with E-state index in [4.69, 9.17) is 16.9 Å². The molecule has 1 aromatic rings. The zero-order valence-electron chi connectivity index (χ0n) is 7.46. The van der Waals surface area contributed by atoms with Crippen molar-refractivity contribution in [3.8, 4) is 6.07 Å². The highest BCUT2D eigenvalue weighted by atomic mass is 127. The minimum absolute atomic E-state index is 0.0996. The van der Waals surface area contributed by atoms with Gasteiger partial charge in [-0.25, -0.2) is 0 Å². The number of hydrogen-bond acceptors (Lipinski definition) is 3. The van der Waals surface area contributed by atoms with E-state index in [9.17, 15) is 9.59 Å². The lowest BCUT2D eigenvalue weighted by Gasteiger charge is -2.05. The number of benzene rings is 1. The van der Waals surface area contributed by atoms with Crippen LogP contribution in [0.5, 0.6) is 0 Å². The van der Waals surface area contributed by atoms with Crippen LogP contribution in [0.25, 0.3) is 0 Å². The number of aldehydes is 1. The predicted octanol–water partition coefficient (Wildman–Crippen LogP) is 2.40. The fraction of sp³-hybridized carbons (Fsp3) is 0.100. The topological polar surface area (TPSA) is 57.9 Å². The molecule has 3 nitrogen and oxygen atoms in total. The molecule has 1 rings (SSSR count). The first-order valence-corrected chi connectivity index (χ1v) is 5.54. The van der Waals surface area contributed by atoms with E-state index in [1.165, 1.54) is 6.07 Å². The highest BCUT2D eigenvalue weighted by molar-refractivity contribution is 14.1. The van der Waals surface area contributed by atoms with Crippen LogP contribution in [-0.2, 0) is 0 Å². The molecule has 0 amide bonds. The molecule has 0 radical (unpaired) electrons. The SMILES string of the molecule is N#Cc1c(C=O)ccc(I)c1C(=O)CCl. The van der Waals surface area contributed by atoms with Crippen molar-refractivity contribution in [1.82, 2.24) is 0 Å². The van der Waals surface area contributed by atoms with Gasteiger partial charge >= 0.3 is 0 Å². The van der Waals surface area contributed by atoms with Crippen molar-refractivity contribution < 1.29 is 9.59 Å². The molecule has 0 aliphatic carbocycles. The molecule has 76 valence electrons. The minimum atomic E-state index is -0.346. The van der Waals surface area contributed by atoms with E-state index in [2.05, 4.69) is 0 Å². The summed E-state index contributed by atoms with van der Waals surface area (Å²) in [6.45, 7) is 0. The van der Waals surface area contributed by atoms with Gasteiger partial charge in [-0.15, -0.1) is 11.6 Å². The molecule has 0 aliphatic rings. The van der Waals surface area contributed by atoms with Gasteiger partial charge in [0, 0.05) is 9.13 Å².